The van der Waals surface area contributed by atoms with E-state index in [1.165, 1.54) is 23.4 Å². The Balaban J connectivity index is 1.37. The average Bonchev–Trinajstić information content (AvgIpc) is 3.19. The number of sulfonamides is 1. The molecule has 2 aromatic carbocycles. The fraction of sp³-hybridized carbons (Fsp3) is 0.333. The highest BCUT2D eigenvalue weighted by molar-refractivity contribution is 7.89. The molecule has 34 heavy (non-hydrogen) atoms. The van der Waals surface area contributed by atoms with Gasteiger partial charge >= 0.3 is 0 Å². The summed E-state index contributed by atoms with van der Waals surface area (Å²) in [4.78, 5) is 18.2. The third kappa shape index (κ3) is 5.30. The molecular formula is C24H28N4O5S. The van der Waals surface area contributed by atoms with Crippen molar-refractivity contribution < 1.29 is 22.4 Å². The van der Waals surface area contributed by atoms with Crippen molar-refractivity contribution in [2.75, 3.05) is 38.6 Å². The minimum atomic E-state index is -3.60. The van der Waals surface area contributed by atoms with E-state index in [1.54, 1.807) is 19.2 Å². The minimum absolute atomic E-state index is 0.204. The second kappa shape index (κ2) is 9.96. The van der Waals surface area contributed by atoms with Crippen LogP contribution < -0.4 is 10.1 Å². The first-order valence-electron chi connectivity index (χ1n) is 11.0. The van der Waals surface area contributed by atoms with E-state index in [4.69, 9.17) is 9.15 Å². The van der Waals surface area contributed by atoms with Crippen LogP contribution >= 0.6 is 0 Å². The molecule has 10 heteroatoms. The van der Waals surface area contributed by atoms with Crippen LogP contribution in [0.1, 0.15) is 18.4 Å². The number of aryl methyl sites for hydroxylation is 1. The van der Waals surface area contributed by atoms with Gasteiger partial charge in [-0.3, -0.25) is 9.69 Å². The molecule has 0 bridgehead atoms. The molecule has 2 heterocycles. The number of methoxy groups -OCH3 is 1. The summed E-state index contributed by atoms with van der Waals surface area (Å²) in [6, 6.07) is 13.8. The van der Waals surface area contributed by atoms with Crippen LogP contribution in [0.2, 0.25) is 0 Å². The molecule has 1 aliphatic rings. The zero-order valence-corrected chi connectivity index (χ0v) is 20.3. The molecule has 180 valence electrons. The third-order valence-corrected chi connectivity index (χ3v) is 7.66. The Morgan fingerprint density at radius 3 is 2.29 bits per heavy atom. The maximum Gasteiger partial charge on any atom is 0.243 e. The lowest BCUT2D eigenvalue weighted by Gasteiger charge is -2.33. The molecule has 1 fully saturated rings. The van der Waals surface area contributed by atoms with Gasteiger partial charge in [-0.1, -0.05) is 0 Å². The van der Waals surface area contributed by atoms with Crippen molar-refractivity contribution in [1.82, 2.24) is 14.2 Å². The molecule has 0 unspecified atom stereocenters. The van der Waals surface area contributed by atoms with Crippen LogP contribution in [0, 0.1) is 6.92 Å². The number of piperazine rings is 1. The highest BCUT2D eigenvalue weighted by Crippen LogP contribution is 2.25. The van der Waals surface area contributed by atoms with E-state index in [9.17, 15) is 13.2 Å². The maximum atomic E-state index is 13.0. The topological polar surface area (TPSA) is 105 Å². The fourth-order valence-corrected chi connectivity index (χ4v) is 5.26. The van der Waals surface area contributed by atoms with Gasteiger partial charge in [0.1, 0.15) is 11.5 Å². The highest BCUT2D eigenvalue weighted by Gasteiger charge is 2.29. The van der Waals surface area contributed by atoms with Crippen LogP contribution in [0.15, 0.2) is 57.8 Å². The maximum absolute atomic E-state index is 13.0. The van der Waals surface area contributed by atoms with Crippen molar-refractivity contribution in [3.05, 3.63) is 60.0 Å². The number of carbonyl (C=O) groups is 1. The van der Waals surface area contributed by atoms with E-state index >= 15 is 0 Å². The summed E-state index contributed by atoms with van der Waals surface area (Å²) >= 11 is 0. The molecule has 1 saturated heterocycles. The number of aromatic nitrogens is 1. The van der Waals surface area contributed by atoms with Gasteiger partial charge in [0.25, 0.3) is 0 Å². The van der Waals surface area contributed by atoms with Crippen molar-refractivity contribution >= 4 is 21.6 Å². The van der Waals surface area contributed by atoms with E-state index in [0.29, 0.717) is 44.3 Å². The molecular weight excluding hydrogens is 456 g/mol. The summed E-state index contributed by atoms with van der Waals surface area (Å²) in [5, 5.41) is 2.64. The van der Waals surface area contributed by atoms with Gasteiger partial charge in [-0.05, 0) is 55.5 Å². The minimum Gasteiger partial charge on any atom is -0.497 e. The summed E-state index contributed by atoms with van der Waals surface area (Å²) in [6.45, 7) is 5.84. The van der Waals surface area contributed by atoms with Crippen LogP contribution in [0.4, 0.5) is 5.69 Å². The Hall–Kier alpha value is -3.21. The van der Waals surface area contributed by atoms with Crippen LogP contribution in [-0.2, 0) is 21.4 Å². The molecule has 1 N–H and O–H groups in total. The lowest BCUT2D eigenvalue weighted by atomic mass is 10.2. The highest BCUT2D eigenvalue weighted by atomic mass is 32.2. The van der Waals surface area contributed by atoms with Gasteiger partial charge in [0.2, 0.25) is 21.8 Å². The molecule has 1 aromatic heterocycles. The van der Waals surface area contributed by atoms with Crippen molar-refractivity contribution in [2.45, 2.75) is 25.3 Å². The number of carbonyl (C=O) groups excluding carboxylic acids is 1. The zero-order valence-electron chi connectivity index (χ0n) is 19.4. The monoisotopic (exact) mass is 484 g/mol. The lowest BCUT2D eigenvalue weighted by Crippen LogP contribution is -2.48. The standard InChI is InChI=1S/C24H28N4O5S/c1-17-23(26-24(33-17)19-4-8-21(32-3)9-5-19)16-27-12-14-28(15-13-27)34(30,31)22-10-6-20(7-11-22)25-18(2)29/h4-11H,12-16H2,1-3H3,(H,25,29). The number of oxazole rings is 1. The summed E-state index contributed by atoms with van der Waals surface area (Å²) in [5.41, 5.74) is 2.28. The summed E-state index contributed by atoms with van der Waals surface area (Å²) in [5.74, 6) is 1.87. The molecule has 0 spiro atoms. The van der Waals surface area contributed by atoms with Crippen LogP contribution in [0.3, 0.4) is 0 Å². The SMILES string of the molecule is COc1ccc(-c2nc(CN3CCN(S(=O)(=O)c4ccc(NC(C)=O)cc4)CC3)c(C)o2)cc1. The first-order valence-corrected chi connectivity index (χ1v) is 12.4. The van der Waals surface area contributed by atoms with E-state index < -0.39 is 10.0 Å². The zero-order chi connectivity index (χ0) is 24.3. The van der Waals surface area contributed by atoms with Crippen molar-refractivity contribution in [1.29, 1.82) is 0 Å². The molecule has 0 atom stereocenters. The van der Waals surface area contributed by atoms with Gasteiger partial charge in [0.15, 0.2) is 0 Å². The molecule has 0 radical (unpaired) electrons. The number of hydrogen-bond acceptors (Lipinski definition) is 7. The van der Waals surface area contributed by atoms with Gasteiger partial charge in [-0.25, -0.2) is 13.4 Å². The van der Waals surface area contributed by atoms with Crippen molar-refractivity contribution in [3.8, 4) is 17.2 Å². The van der Waals surface area contributed by atoms with Gasteiger partial charge in [-0.15, -0.1) is 0 Å². The first-order chi connectivity index (χ1) is 16.3. The van der Waals surface area contributed by atoms with E-state index in [2.05, 4.69) is 15.2 Å². The number of nitrogens with zero attached hydrogens (tertiary/aromatic N) is 3. The molecule has 9 nitrogen and oxygen atoms in total. The van der Waals surface area contributed by atoms with Crippen molar-refractivity contribution in [3.63, 3.8) is 0 Å². The number of benzene rings is 2. The molecule has 3 aromatic rings. The Bertz CT molecular complexity index is 1250. The van der Waals surface area contributed by atoms with Gasteiger partial charge in [0.05, 0.1) is 17.7 Å². The predicted molar refractivity (Wildman–Crippen MR) is 128 cm³/mol. The second-order valence-corrected chi connectivity index (χ2v) is 10.1. The summed E-state index contributed by atoms with van der Waals surface area (Å²) < 4.78 is 38.6. The van der Waals surface area contributed by atoms with Gasteiger partial charge in [-0.2, -0.15) is 4.31 Å². The smallest absolute Gasteiger partial charge is 0.243 e. The Kier molecular flexibility index (Phi) is 7.01. The molecule has 0 saturated carbocycles. The Morgan fingerprint density at radius 2 is 1.71 bits per heavy atom. The van der Waals surface area contributed by atoms with Crippen molar-refractivity contribution in [2.24, 2.45) is 0 Å². The second-order valence-electron chi connectivity index (χ2n) is 8.14. The quantitative estimate of drug-likeness (QED) is 0.549. The largest absolute Gasteiger partial charge is 0.497 e. The van der Waals surface area contributed by atoms with Crippen LogP contribution in [0.5, 0.6) is 5.75 Å². The number of anilines is 1. The van der Waals surface area contributed by atoms with Crippen LogP contribution in [0.25, 0.3) is 11.5 Å². The fourth-order valence-electron chi connectivity index (χ4n) is 3.83. The average molecular weight is 485 g/mol. The summed E-state index contributed by atoms with van der Waals surface area (Å²) in [6.07, 6.45) is 0. The predicted octanol–water partition coefficient (Wildman–Crippen LogP) is 3.12. The normalized spacial score (nSPS) is 15.3. The van der Waals surface area contributed by atoms with Gasteiger partial charge < -0.3 is 14.5 Å². The van der Waals surface area contributed by atoms with E-state index in [-0.39, 0.29) is 10.8 Å². The number of hydrogen-bond donors (Lipinski definition) is 1. The number of rotatable bonds is 7. The number of nitrogens with one attached hydrogen (secondary N) is 1. The number of ether oxygens (including phenoxy) is 1. The lowest BCUT2D eigenvalue weighted by molar-refractivity contribution is -0.114. The van der Waals surface area contributed by atoms with Gasteiger partial charge in [0, 0.05) is 50.9 Å². The Labute approximate surface area is 199 Å². The molecule has 1 amide bonds. The summed E-state index contributed by atoms with van der Waals surface area (Å²) in [7, 11) is -1.98. The third-order valence-electron chi connectivity index (χ3n) is 5.75. The van der Waals surface area contributed by atoms with E-state index in [1.807, 2.05) is 31.2 Å². The molecule has 0 aliphatic carbocycles. The van der Waals surface area contributed by atoms with E-state index in [0.717, 1.165) is 22.8 Å². The number of amides is 1. The first kappa shape index (κ1) is 23.9. The van der Waals surface area contributed by atoms with Crippen LogP contribution in [-0.4, -0.2) is 61.8 Å². The Morgan fingerprint density at radius 1 is 1.06 bits per heavy atom. The molecule has 1 aliphatic heterocycles. The molecule has 4 rings (SSSR count).